The Balaban J connectivity index is 1.04. The summed E-state index contributed by atoms with van der Waals surface area (Å²) in [5, 5.41) is 0. The molecule has 0 N–H and O–H groups in total. The average molecular weight is 723 g/mol. The van der Waals surface area contributed by atoms with Crippen LogP contribution in [-0.4, -0.2) is 0 Å². The summed E-state index contributed by atoms with van der Waals surface area (Å²) in [5.41, 5.74) is 1.01. The van der Waals surface area contributed by atoms with Crippen LogP contribution in [0.25, 0.3) is 0 Å². The molecule has 0 spiro atoms. The van der Waals surface area contributed by atoms with Gasteiger partial charge in [-0.15, -0.1) is 0 Å². The summed E-state index contributed by atoms with van der Waals surface area (Å²) in [6.07, 6.45) is 2.81. The van der Waals surface area contributed by atoms with Crippen LogP contribution in [-0.2, 0) is 6.42 Å². The molecule has 6 nitrogen and oxygen atoms in total. The second kappa shape index (κ2) is 17.1. The smallest absolute Gasteiger partial charge is 0.173 e. The summed E-state index contributed by atoms with van der Waals surface area (Å²) in [5.74, 6) is 4.98. The van der Waals surface area contributed by atoms with E-state index in [2.05, 4.69) is 6.92 Å². The van der Waals surface area contributed by atoms with E-state index in [9.17, 15) is 8.78 Å². The topological polar surface area (TPSA) is 55.4 Å². The SMILES string of the molecule is CCCCc1cccc(Oc2cccc(Oc3ccc(Oc4ccccc4F)cc3)c2)c1Oc1cccc(Oc2ccc(Oc3ccccc3F)cc2)c1. The molecule has 7 aromatic rings. The zero-order valence-corrected chi connectivity index (χ0v) is 29.4. The Kier molecular flexibility index (Phi) is 11.3. The van der Waals surface area contributed by atoms with Gasteiger partial charge in [0.15, 0.2) is 34.6 Å². The molecule has 0 saturated heterocycles. The molecule has 0 fully saturated rings. The van der Waals surface area contributed by atoms with E-state index >= 15 is 0 Å². The van der Waals surface area contributed by atoms with Gasteiger partial charge in [-0.05, 0) is 122 Å². The zero-order valence-electron chi connectivity index (χ0n) is 29.4. The lowest BCUT2D eigenvalue weighted by atomic mass is 10.1. The summed E-state index contributed by atoms with van der Waals surface area (Å²) in [6.45, 7) is 2.15. The molecule has 0 heterocycles. The van der Waals surface area contributed by atoms with E-state index in [-0.39, 0.29) is 11.5 Å². The fraction of sp³-hybridized carbons (Fsp3) is 0.0870. The number of unbranched alkanes of at least 4 members (excludes halogenated alkanes) is 1. The van der Waals surface area contributed by atoms with Crippen molar-refractivity contribution in [3.8, 4) is 69.0 Å². The molecule has 0 saturated carbocycles. The van der Waals surface area contributed by atoms with Crippen LogP contribution in [0.3, 0.4) is 0 Å². The minimum atomic E-state index is -0.435. The first-order valence-electron chi connectivity index (χ1n) is 17.6. The van der Waals surface area contributed by atoms with Gasteiger partial charge < -0.3 is 28.4 Å². The predicted octanol–water partition coefficient (Wildman–Crippen LogP) is 14.1. The third kappa shape index (κ3) is 9.35. The van der Waals surface area contributed by atoms with Crippen LogP contribution in [0.2, 0.25) is 0 Å². The van der Waals surface area contributed by atoms with Gasteiger partial charge in [0.25, 0.3) is 0 Å². The number of benzene rings is 7. The van der Waals surface area contributed by atoms with Crippen molar-refractivity contribution in [2.24, 2.45) is 0 Å². The van der Waals surface area contributed by atoms with E-state index in [1.807, 2.05) is 60.7 Å². The highest BCUT2D eigenvalue weighted by Crippen LogP contribution is 2.41. The third-order valence-electron chi connectivity index (χ3n) is 8.17. The molecule has 0 amide bonds. The van der Waals surface area contributed by atoms with Crippen molar-refractivity contribution in [3.05, 3.63) is 181 Å². The zero-order chi connectivity index (χ0) is 37.1. The van der Waals surface area contributed by atoms with Crippen LogP contribution in [0.5, 0.6) is 69.0 Å². The number of rotatable bonds is 15. The molecule has 0 unspecified atom stereocenters. The van der Waals surface area contributed by atoms with Gasteiger partial charge in [-0.3, -0.25) is 0 Å². The molecule has 8 heteroatoms. The van der Waals surface area contributed by atoms with E-state index in [4.69, 9.17) is 28.4 Å². The second-order valence-corrected chi connectivity index (χ2v) is 12.2. The van der Waals surface area contributed by atoms with Crippen LogP contribution in [0.4, 0.5) is 8.78 Å². The molecular weight excluding hydrogens is 686 g/mol. The molecule has 54 heavy (non-hydrogen) atoms. The first kappa shape index (κ1) is 35.6. The monoisotopic (exact) mass is 722 g/mol. The summed E-state index contributed by atoms with van der Waals surface area (Å²) in [4.78, 5) is 0. The van der Waals surface area contributed by atoms with Gasteiger partial charge in [0.2, 0.25) is 0 Å². The second-order valence-electron chi connectivity index (χ2n) is 12.2. The first-order chi connectivity index (χ1) is 26.5. The van der Waals surface area contributed by atoms with Gasteiger partial charge in [0, 0.05) is 12.1 Å². The number of halogens is 2. The van der Waals surface area contributed by atoms with Crippen molar-refractivity contribution in [3.63, 3.8) is 0 Å². The third-order valence-corrected chi connectivity index (χ3v) is 8.17. The number of aryl methyl sites for hydroxylation is 1. The maximum Gasteiger partial charge on any atom is 0.173 e. The largest absolute Gasteiger partial charge is 0.457 e. The average Bonchev–Trinajstić information content (AvgIpc) is 3.18. The molecule has 0 aliphatic heterocycles. The molecule has 7 aromatic carbocycles. The Bertz CT molecular complexity index is 2310. The normalized spacial score (nSPS) is 10.7. The summed E-state index contributed by atoms with van der Waals surface area (Å²) in [7, 11) is 0. The van der Waals surface area contributed by atoms with E-state index in [1.54, 1.807) is 91.0 Å². The van der Waals surface area contributed by atoms with Crippen LogP contribution in [0.1, 0.15) is 25.3 Å². The molecule has 0 atom stereocenters. The standard InChI is InChI=1S/C46H36F2O6/c1-2-3-11-32-12-8-21-45(53-39-15-9-13-37(30-39)49-33-22-26-35(27-23-33)51-43-19-6-4-17-41(43)47)46(32)54-40-16-10-14-38(31-40)50-34-24-28-36(29-25-34)52-44-20-7-5-18-42(44)48/h4-10,12-31H,2-3,11H2,1H3. The predicted molar refractivity (Wildman–Crippen MR) is 204 cm³/mol. The van der Waals surface area contributed by atoms with Gasteiger partial charge in [-0.1, -0.05) is 61.9 Å². The Labute approximate surface area is 312 Å². The highest BCUT2D eigenvalue weighted by atomic mass is 19.1. The molecule has 0 aliphatic rings. The van der Waals surface area contributed by atoms with E-state index in [1.165, 1.54) is 12.1 Å². The van der Waals surface area contributed by atoms with E-state index in [0.717, 1.165) is 24.8 Å². The molecule has 7 rings (SSSR count). The lowest BCUT2D eigenvalue weighted by molar-refractivity contribution is 0.408. The Morgan fingerprint density at radius 1 is 0.370 bits per heavy atom. The van der Waals surface area contributed by atoms with Crippen molar-refractivity contribution >= 4 is 0 Å². The number of ether oxygens (including phenoxy) is 6. The minimum absolute atomic E-state index is 0.149. The quantitative estimate of drug-likeness (QED) is 0.105. The number of para-hydroxylation sites is 3. The molecular formula is C46H36F2O6. The number of hydrogen-bond donors (Lipinski definition) is 0. The van der Waals surface area contributed by atoms with Gasteiger partial charge in [0.05, 0.1) is 0 Å². The fourth-order valence-electron chi connectivity index (χ4n) is 5.50. The van der Waals surface area contributed by atoms with Crippen molar-refractivity contribution in [1.82, 2.24) is 0 Å². The van der Waals surface area contributed by atoms with E-state index in [0.29, 0.717) is 57.5 Å². The minimum Gasteiger partial charge on any atom is -0.457 e. The van der Waals surface area contributed by atoms with Crippen LogP contribution in [0, 0.1) is 11.6 Å². The van der Waals surface area contributed by atoms with Crippen molar-refractivity contribution in [2.45, 2.75) is 26.2 Å². The lowest BCUT2D eigenvalue weighted by Gasteiger charge is -2.17. The highest BCUT2D eigenvalue weighted by molar-refractivity contribution is 5.52. The van der Waals surface area contributed by atoms with Gasteiger partial charge >= 0.3 is 0 Å². The van der Waals surface area contributed by atoms with Gasteiger partial charge in [0.1, 0.15) is 46.0 Å². The Morgan fingerprint density at radius 3 is 1.24 bits per heavy atom. The highest BCUT2D eigenvalue weighted by Gasteiger charge is 2.15. The fourth-order valence-corrected chi connectivity index (χ4v) is 5.50. The Morgan fingerprint density at radius 2 is 0.759 bits per heavy atom. The number of hydrogen-bond acceptors (Lipinski definition) is 6. The summed E-state index contributed by atoms with van der Waals surface area (Å²) < 4.78 is 64.6. The van der Waals surface area contributed by atoms with Crippen molar-refractivity contribution in [1.29, 1.82) is 0 Å². The molecule has 0 bridgehead atoms. The molecule has 0 radical (unpaired) electrons. The maximum atomic E-state index is 14.0. The van der Waals surface area contributed by atoms with Crippen LogP contribution < -0.4 is 28.4 Å². The van der Waals surface area contributed by atoms with Crippen molar-refractivity contribution in [2.75, 3.05) is 0 Å². The first-order valence-corrected chi connectivity index (χ1v) is 17.6. The Hall–Kier alpha value is -6.80. The summed E-state index contributed by atoms with van der Waals surface area (Å²) in [6, 6.07) is 47.0. The van der Waals surface area contributed by atoms with Gasteiger partial charge in [-0.25, -0.2) is 8.78 Å². The summed E-state index contributed by atoms with van der Waals surface area (Å²) >= 11 is 0. The molecule has 270 valence electrons. The van der Waals surface area contributed by atoms with Crippen molar-refractivity contribution < 1.29 is 37.2 Å². The molecule has 0 aromatic heterocycles. The van der Waals surface area contributed by atoms with Crippen LogP contribution in [0.15, 0.2) is 164 Å². The maximum absolute atomic E-state index is 14.0. The lowest BCUT2D eigenvalue weighted by Crippen LogP contribution is -1.97. The molecule has 0 aliphatic carbocycles. The van der Waals surface area contributed by atoms with Gasteiger partial charge in [-0.2, -0.15) is 0 Å². The van der Waals surface area contributed by atoms with E-state index < -0.39 is 11.6 Å². The van der Waals surface area contributed by atoms with Crippen LogP contribution >= 0.6 is 0 Å².